The molecule has 2 heterocycles. The van der Waals surface area contributed by atoms with E-state index in [9.17, 15) is 4.79 Å². The second-order valence-electron chi connectivity index (χ2n) is 5.28. The van der Waals surface area contributed by atoms with E-state index in [1.54, 1.807) is 13.2 Å². The van der Waals surface area contributed by atoms with Crippen molar-refractivity contribution in [1.82, 2.24) is 20.0 Å². The Kier molecular flexibility index (Phi) is 6.24. The molecule has 1 aliphatic rings. The number of aromatic nitrogens is 2. The fraction of sp³-hybridized carbons (Fsp3) is 0.667. The van der Waals surface area contributed by atoms with Crippen LogP contribution in [0.5, 0.6) is 0 Å². The number of likely N-dealkylation sites (tertiary alicyclic amines) is 1. The van der Waals surface area contributed by atoms with Crippen LogP contribution >= 0.6 is 0 Å². The van der Waals surface area contributed by atoms with Gasteiger partial charge in [-0.05, 0) is 25.8 Å². The smallest absolute Gasteiger partial charge is 0.310 e. The van der Waals surface area contributed by atoms with Gasteiger partial charge in [0.1, 0.15) is 0 Å². The number of piperidine rings is 1. The van der Waals surface area contributed by atoms with Crippen molar-refractivity contribution in [3.8, 4) is 0 Å². The van der Waals surface area contributed by atoms with Crippen molar-refractivity contribution in [3.05, 3.63) is 18.5 Å². The van der Waals surface area contributed by atoms with Gasteiger partial charge in [0.15, 0.2) is 5.96 Å². The normalized spacial score (nSPS) is 19.1. The molecule has 122 valence electrons. The summed E-state index contributed by atoms with van der Waals surface area (Å²) in [5, 5.41) is 7.50. The number of carbonyl (C=O) groups is 1. The Balaban J connectivity index is 1.83. The molecule has 1 aliphatic heterocycles. The summed E-state index contributed by atoms with van der Waals surface area (Å²) in [7, 11) is 1.77. The standard InChI is InChI=1S/C15H25N5O2/c1-3-22-14(21)13-6-4-9-19(12-13)15(16-2)17-8-11-20-10-5-7-18-20/h5,7,10,13H,3-4,6,8-9,11-12H2,1-2H3,(H,16,17). The van der Waals surface area contributed by atoms with Crippen LogP contribution in [0.2, 0.25) is 0 Å². The molecule has 2 rings (SSSR count). The lowest BCUT2D eigenvalue weighted by molar-refractivity contribution is -0.149. The van der Waals surface area contributed by atoms with Gasteiger partial charge < -0.3 is 15.0 Å². The highest BCUT2D eigenvalue weighted by atomic mass is 16.5. The van der Waals surface area contributed by atoms with Gasteiger partial charge >= 0.3 is 5.97 Å². The topological polar surface area (TPSA) is 71.8 Å². The molecule has 0 amide bonds. The molecule has 1 aromatic heterocycles. The van der Waals surface area contributed by atoms with Crippen LogP contribution in [0.4, 0.5) is 0 Å². The molecule has 1 aromatic rings. The zero-order chi connectivity index (χ0) is 15.8. The molecule has 1 N–H and O–H groups in total. The molecule has 0 aliphatic carbocycles. The maximum absolute atomic E-state index is 11.9. The van der Waals surface area contributed by atoms with Gasteiger partial charge in [-0.15, -0.1) is 0 Å². The third-order valence-electron chi connectivity index (χ3n) is 3.74. The number of rotatable bonds is 5. The number of ether oxygens (including phenoxy) is 1. The maximum Gasteiger partial charge on any atom is 0.310 e. The number of aliphatic imine (C=N–C) groups is 1. The first-order valence-electron chi connectivity index (χ1n) is 7.84. The van der Waals surface area contributed by atoms with Gasteiger partial charge in [0.05, 0.1) is 19.1 Å². The lowest BCUT2D eigenvalue weighted by atomic mass is 9.98. The van der Waals surface area contributed by atoms with Gasteiger partial charge in [-0.25, -0.2) is 0 Å². The van der Waals surface area contributed by atoms with Crippen molar-refractivity contribution in [3.63, 3.8) is 0 Å². The summed E-state index contributed by atoms with van der Waals surface area (Å²) in [6.07, 6.45) is 5.56. The van der Waals surface area contributed by atoms with Gasteiger partial charge in [0.2, 0.25) is 0 Å². The molecule has 1 fully saturated rings. The van der Waals surface area contributed by atoms with Crippen LogP contribution < -0.4 is 5.32 Å². The second-order valence-corrected chi connectivity index (χ2v) is 5.28. The molecule has 22 heavy (non-hydrogen) atoms. The monoisotopic (exact) mass is 307 g/mol. The van der Waals surface area contributed by atoms with Gasteiger partial charge in [-0.1, -0.05) is 0 Å². The molecular weight excluding hydrogens is 282 g/mol. The molecule has 0 radical (unpaired) electrons. The number of nitrogens with zero attached hydrogens (tertiary/aromatic N) is 4. The summed E-state index contributed by atoms with van der Waals surface area (Å²) in [5.41, 5.74) is 0. The maximum atomic E-state index is 11.9. The van der Waals surface area contributed by atoms with Gasteiger partial charge in [-0.2, -0.15) is 5.10 Å². The molecule has 0 spiro atoms. The molecule has 0 aromatic carbocycles. The molecule has 1 saturated heterocycles. The minimum atomic E-state index is -0.0980. The van der Waals surface area contributed by atoms with Crippen molar-refractivity contribution in [2.24, 2.45) is 10.9 Å². The van der Waals surface area contributed by atoms with Crippen molar-refractivity contribution in [1.29, 1.82) is 0 Å². The van der Waals surface area contributed by atoms with E-state index in [0.717, 1.165) is 38.4 Å². The predicted octanol–water partition coefficient (Wildman–Crippen LogP) is 0.734. The first-order valence-corrected chi connectivity index (χ1v) is 7.84. The largest absolute Gasteiger partial charge is 0.466 e. The number of hydrogen-bond acceptors (Lipinski definition) is 4. The Bertz CT molecular complexity index is 486. The van der Waals surface area contributed by atoms with Crippen LogP contribution in [-0.4, -0.2) is 59.9 Å². The molecular formula is C15H25N5O2. The van der Waals surface area contributed by atoms with E-state index in [4.69, 9.17) is 4.74 Å². The average Bonchev–Trinajstić information content (AvgIpc) is 3.05. The Labute approximate surface area is 131 Å². The minimum absolute atomic E-state index is 0.0571. The van der Waals surface area contributed by atoms with Crippen molar-refractivity contribution < 1.29 is 9.53 Å². The summed E-state index contributed by atoms with van der Waals surface area (Å²) in [6, 6.07) is 1.91. The third-order valence-corrected chi connectivity index (χ3v) is 3.74. The van der Waals surface area contributed by atoms with E-state index < -0.39 is 0 Å². The van der Waals surface area contributed by atoms with Gasteiger partial charge in [0.25, 0.3) is 0 Å². The van der Waals surface area contributed by atoms with E-state index in [2.05, 4.69) is 20.3 Å². The average molecular weight is 307 g/mol. The first kappa shape index (κ1) is 16.3. The highest BCUT2D eigenvalue weighted by Crippen LogP contribution is 2.17. The Hall–Kier alpha value is -2.05. The van der Waals surface area contributed by atoms with Crippen LogP contribution in [0.25, 0.3) is 0 Å². The van der Waals surface area contributed by atoms with E-state index in [0.29, 0.717) is 13.2 Å². The van der Waals surface area contributed by atoms with E-state index in [-0.39, 0.29) is 11.9 Å². The fourth-order valence-electron chi connectivity index (χ4n) is 2.67. The van der Waals surface area contributed by atoms with Crippen LogP contribution in [0.3, 0.4) is 0 Å². The molecule has 7 heteroatoms. The van der Waals surface area contributed by atoms with Gasteiger partial charge in [0, 0.05) is 39.1 Å². The summed E-state index contributed by atoms with van der Waals surface area (Å²) < 4.78 is 7.01. The van der Waals surface area contributed by atoms with Crippen LogP contribution in [0, 0.1) is 5.92 Å². The third kappa shape index (κ3) is 4.47. The van der Waals surface area contributed by atoms with Crippen molar-refractivity contribution in [2.45, 2.75) is 26.3 Å². The highest BCUT2D eigenvalue weighted by Gasteiger charge is 2.28. The number of hydrogen-bond donors (Lipinski definition) is 1. The molecule has 0 bridgehead atoms. The van der Waals surface area contributed by atoms with Crippen molar-refractivity contribution >= 4 is 11.9 Å². The Morgan fingerprint density at radius 3 is 3.09 bits per heavy atom. The molecule has 1 unspecified atom stereocenters. The fourth-order valence-corrected chi connectivity index (χ4v) is 2.67. The van der Waals surface area contributed by atoms with Crippen LogP contribution in [0.1, 0.15) is 19.8 Å². The quantitative estimate of drug-likeness (QED) is 0.493. The van der Waals surface area contributed by atoms with Crippen LogP contribution in [-0.2, 0) is 16.1 Å². The summed E-state index contributed by atoms with van der Waals surface area (Å²) in [4.78, 5) is 18.4. The second kappa shape index (κ2) is 8.41. The zero-order valence-corrected chi connectivity index (χ0v) is 13.4. The lowest BCUT2D eigenvalue weighted by Gasteiger charge is -2.33. The number of nitrogens with one attached hydrogen (secondary N) is 1. The van der Waals surface area contributed by atoms with E-state index in [1.165, 1.54) is 0 Å². The minimum Gasteiger partial charge on any atom is -0.466 e. The molecule has 7 nitrogen and oxygen atoms in total. The Morgan fingerprint density at radius 2 is 2.41 bits per heavy atom. The summed E-state index contributed by atoms with van der Waals surface area (Å²) in [6.45, 7) is 5.38. The predicted molar refractivity (Wildman–Crippen MR) is 84.5 cm³/mol. The number of esters is 1. The summed E-state index contributed by atoms with van der Waals surface area (Å²) >= 11 is 0. The SMILES string of the molecule is CCOC(=O)C1CCCN(C(=NC)NCCn2cccn2)C1. The van der Waals surface area contributed by atoms with Crippen LogP contribution in [0.15, 0.2) is 23.5 Å². The molecule has 1 atom stereocenters. The lowest BCUT2D eigenvalue weighted by Crippen LogP contribution is -2.48. The number of carbonyl (C=O) groups excluding carboxylic acids is 1. The number of guanidine groups is 1. The zero-order valence-electron chi connectivity index (χ0n) is 13.4. The first-order chi connectivity index (χ1) is 10.7. The molecule has 0 saturated carbocycles. The van der Waals surface area contributed by atoms with E-state index >= 15 is 0 Å². The van der Waals surface area contributed by atoms with Crippen molar-refractivity contribution in [2.75, 3.05) is 33.3 Å². The van der Waals surface area contributed by atoms with E-state index in [1.807, 2.05) is 23.9 Å². The highest BCUT2D eigenvalue weighted by molar-refractivity contribution is 5.81. The summed E-state index contributed by atoms with van der Waals surface area (Å²) in [5.74, 6) is 0.679. The van der Waals surface area contributed by atoms with Gasteiger partial charge in [-0.3, -0.25) is 14.5 Å². The Morgan fingerprint density at radius 1 is 1.55 bits per heavy atom.